The Bertz CT molecular complexity index is 498. The van der Waals surface area contributed by atoms with Crippen LogP contribution in [0.15, 0.2) is 12.1 Å². The van der Waals surface area contributed by atoms with Crippen molar-refractivity contribution >= 4 is 28.9 Å². The predicted molar refractivity (Wildman–Crippen MR) is 65.7 cm³/mol. The first-order valence-corrected chi connectivity index (χ1v) is 5.19. The number of fused-ring (bicyclic) bond motifs is 1. The number of rotatable bonds is 3. The number of nitrogens with two attached hydrogens (primary N) is 2. The van der Waals surface area contributed by atoms with Crippen molar-refractivity contribution in [3.63, 3.8) is 0 Å². The number of benzene rings is 1. The van der Waals surface area contributed by atoms with Gasteiger partial charge < -0.3 is 21.7 Å². The highest BCUT2D eigenvalue weighted by molar-refractivity contribution is 6.01. The molecule has 90 valence electrons. The third-order valence-corrected chi connectivity index (χ3v) is 2.68. The molecule has 0 unspecified atom stereocenters. The quantitative estimate of drug-likeness (QED) is 0.624. The van der Waals surface area contributed by atoms with Gasteiger partial charge in [0.1, 0.15) is 0 Å². The Morgan fingerprint density at radius 3 is 2.88 bits per heavy atom. The van der Waals surface area contributed by atoms with Crippen molar-refractivity contribution in [2.24, 2.45) is 5.73 Å². The van der Waals surface area contributed by atoms with Gasteiger partial charge in [-0.1, -0.05) is 0 Å². The monoisotopic (exact) mass is 234 g/mol. The lowest BCUT2D eigenvalue weighted by molar-refractivity contribution is -0.117. The summed E-state index contributed by atoms with van der Waals surface area (Å²) in [6.07, 6.45) is 0.347. The molecule has 1 aromatic rings. The van der Waals surface area contributed by atoms with Gasteiger partial charge in [-0.3, -0.25) is 9.59 Å². The zero-order chi connectivity index (χ0) is 12.6. The fourth-order valence-corrected chi connectivity index (χ4v) is 1.93. The van der Waals surface area contributed by atoms with Crippen LogP contribution in [0, 0.1) is 0 Å². The van der Waals surface area contributed by atoms with Crippen molar-refractivity contribution in [1.29, 1.82) is 0 Å². The SMILES string of the molecule is CN(CC(N)=O)c1cc2c(cc1N)CC(=O)N2. The van der Waals surface area contributed by atoms with Crippen LogP contribution in [0.5, 0.6) is 0 Å². The van der Waals surface area contributed by atoms with E-state index < -0.39 is 5.91 Å². The molecule has 1 aromatic carbocycles. The Balaban J connectivity index is 2.33. The Morgan fingerprint density at radius 1 is 1.53 bits per heavy atom. The van der Waals surface area contributed by atoms with E-state index in [0.29, 0.717) is 17.8 Å². The van der Waals surface area contributed by atoms with Gasteiger partial charge in [0, 0.05) is 12.7 Å². The van der Waals surface area contributed by atoms with E-state index in [2.05, 4.69) is 5.32 Å². The van der Waals surface area contributed by atoms with Gasteiger partial charge in [-0.2, -0.15) is 0 Å². The molecule has 17 heavy (non-hydrogen) atoms. The first-order valence-electron chi connectivity index (χ1n) is 5.19. The lowest BCUT2D eigenvalue weighted by atomic mass is 10.1. The molecule has 1 aliphatic heterocycles. The molecular weight excluding hydrogens is 220 g/mol. The summed E-state index contributed by atoms with van der Waals surface area (Å²) in [6, 6.07) is 3.51. The Labute approximate surface area is 98.6 Å². The fraction of sp³-hybridized carbons (Fsp3) is 0.273. The van der Waals surface area contributed by atoms with E-state index in [0.717, 1.165) is 11.3 Å². The molecule has 6 heteroatoms. The minimum absolute atomic E-state index is 0.0471. The first-order chi connectivity index (χ1) is 7.97. The summed E-state index contributed by atoms with van der Waals surface area (Å²) in [5.41, 5.74) is 13.8. The zero-order valence-corrected chi connectivity index (χ0v) is 9.49. The molecule has 0 fully saturated rings. The molecule has 0 atom stereocenters. The summed E-state index contributed by atoms with van der Waals surface area (Å²) in [7, 11) is 1.72. The highest BCUT2D eigenvalue weighted by atomic mass is 16.2. The largest absolute Gasteiger partial charge is 0.397 e. The van der Waals surface area contributed by atoms with Crippen LogP contribution < -0.4 is 21.7 Å². The highest BCUT2D eigenvalue weighted by Gasteiger charge is 2.20. The van der Waals surface area contributed by atoms with E-state index in [1.807, 2.05) is 0 Å². The number of amides is 2. The maximum atomic E-state index is 11.2. The average molecular weight is 234 g/mol. The van der Waals surface area contributed by atoms with Gasteiger partial charge in [-0.25, -0.2) is 0 Å². The number of primary amides is 1. The third kappa shape index (κ3) is 2.15. The number of nitrogen functional groups attached to an aromatic ring is 1. The van der Waals surface area contributed by atoms with Gasteiger partial charge in [-0.15, -0.1) is 0 Å². The molecule has 0 bridgehead atoms. The van der Waals surface area contributed by atoms with E-state index in [1.165, 1.54) is 0 Å². The summed E-state index contributed by atoms with van der Waals surface area (Å²) >= 11 is 0. The van der Waals surface area contributed by atoms with Gasteiger partial charge in [0.05, 0.1) is 24.3 Å². The minimum atomic E-state index is -0.434. The van der Waals surface area contributed by atoms with Crippen molar-refractivity contribution < 1.29 is 9.59 Å². The van der Waals surface area contributed by atoms with Crippen molar-refractivity contribution in [2.75, 3.05) is 29.5 Å². The number of nitrogens with one attached hydrogen (secondary N) is 1. The number of carbonyl (C=O) groups is 2. The third-order valence-electron chi connectivity index (χ3n) is 2.68. The molecule has 1 heterocycles. The molecule has 0 saturated heterocycles. The molecule has 5 N–H and O–H groups in total. The number of carbonyl (C=O) groups excluding carboxylic acids is 2. The van der Waals surface area contributed by atoms with Crippen LogP contribution in [-0.2, 0) is 16.0 Å². The predicted octanol–water partition coefficient (Wildman–Crippen LogP) is -0.315. The molecule has 2 rings (SSSR count). The number of hydrogen-bond acceptors (Lipinski definition) is 4. The summed E-state index contributed by atoms with van der Waals surface area (Å²) < 4.78 is 0. The van der Waals surface area contributed by atoms with Gasteiger partial charge in [-0.05, 0) is 17.7 Å². The second kappa shape index (κ2) is 3.97. The van der Waals surface area contributed by atoms with E-state index in [-0.39, 0.29) is 12.5 Å². The standard InChI is InChI=1S/C11H14N4O2/c1-15(5-10(13)16)9-4-8-6(2-7(9)12)3-11(17)14-8/h2,4H,3,5,12H2,1H3,(H2,13,16)(H,14,17). The van der Waals surface area contributed by atoms with Crippen LogP contribution >= 0.6 is 0 Å². The van der Waals surface area contributed by atoms with Crippen molar-refractivity contribution in [2.45, 2.75) is 6.42 Å². The molecule has 0 aliphatic carbocycles. The van der Waals surface area contributed by atoms with Gasteiger partial charge in [0.2, 0.25) is 11.8 Å². The van der Waals surface area contributed by atoms with E-state index in [4.69, 9.17) is 11.5 Å². The normalized spacial score (nSPS) is 13.1. The van der Waals surface area contributed by atoms with E-state index >= 15 is 0 Å². The summed E-state index contributed by atoms with van der Waals surface area (Å²) in [6.45, 7) is 0.0803. The fourth-order valence-electron chi connectivity index (χ4n) is 1.93. The molecule has 0 saturated carbocycles. The molecule has 6 nitrogen and oxygen atoms in total. The molecular formula is C11H14N4O2. The van der Waals surface area contributed by atoms with Crippen LogP contribution in [-0.4, -0.2) is 25.4 Å². The van der Waals surface area contributed by atoms with E-state index in [1.54, 1.807) is 24.1 Å². The topological polar surface area (TPSA) is 101 Å². The average Bonchev–Trinajstić information content (AvgIpc) is 2.54. The lowest BCUT2D eigenvalue weighted by Crippen LogP contribution is -2.31. The second-order valence-electron chi connectivity index (χ2n) is 4.12. The number of nitrogens with zero attached hydrogens (tertiary/aromatic N) is 1. The Morgan fingerprint density at radius 2 is 2.24 bits per heavy atom. The molecule has 2 amide bonds. The summed E-state index contributed by atoms with van der Waals surface area (Å²) in [4.78, 5) is 23.7. The van der Waals surface area contributed by atoms with Gasteiger partial charge in [0.15, 0.2) is 0 Å². The van der Waals surface area contributed by atoms with Crippen molar-refractivity contribution in [1.82, 2.24) is 0 Å². The lowest BCUT2D eigenvalue weighted by Gasteiger charge is -2.20. The Hall–Kier alpha value is -2.24. The first kappa shape index (κ1) is 11.3. The van der Waals surface area contributed by atoms with E-state index in [9.17, 15) is 9.59 Å². The smallest absolute Gasteiger partial charge is 0.236 e. The molecule has 0 radical (unpaired) electrons. The zero-order valence-electron chi connectivity index (χ0n) is 9.49. The van der Waals surface area contributed by atoms with Crippen LogP contribution in [0.25, 0.3) is 0 Å². The van der Waals surface area contributed by atoms with Gasteiger partial charge >= 0.3 is 0 Å². The summed E-state index contributed by atoms with van der Waals surface area (Å²) in [5.74, 6) is -0.481. The second-order valence-corrected chi connectivity index (χ2v) is 4.12. The van der Waals surface area contributed by atoms with Crippen molar-refractivity contribution in [3.8, 4) is 0 Å². The van der Waals surface area contributed by atoms with Crippen LogP contribution in [0.2, 0.25) is 0 Å². The van der Waals surface area contributed by atoms with Gasteiger partial charge in [0.25, 0.3) is 0 Å². The molecule has 0 aromatic heterocycles. The minimum Gasteiger partial charge on any atom is -0.397 e. The molecule has 1 aliphatic rings. The number of likely N-dealkylation sites (N-methyl/N-ethyl adjacent to an activating group) is 1. The summed E-state index contributed by atoms with van der Waals surface area (Å²) in [5, 5.41) is 2.74. The maximum Gasteiger partial charge on any atom is 0.236 e. The number of hydrogen-bond donors (Lipinski definition) is 3. The van der Waals surface area contributed by atoms with Crippen LogP contribution in [0.1, 0.15) is 5.56 Å². The van der Waals surface area contributed by atoms with Crippen LogP contribution in [0.3, 0.4) is 0 Å². The number of anilines is 3. The Kier molecular flexibility index (Phi) is 2.63. The molecule has 0 spiro atoms. The maximum absolute atomic E-state index is 11.2. The van der Waals surface area contributed by atoms with Crippen LogP contribution in [0.4, 0.5) is 17.1 Å². The van der Waals surface area contributed by atoms with Crippen molar-refractivity contribution in [3.05, 3.63) is 17.7 Å². The highest BCUT2D eigenvalue weighted by Crippen LogP contribution is 2.33.